The van der Waals surface area contributed by atoms with Crippen molar-refractivity contribution in [1.29, 1.82) is 0 Å². The molecule has 0 unspecified atom stereocenters. The van der Waals surface area contributed by atoms with Crippen molar-refractivity contribution < 1.29 is 9.53 Å². The molecule has 3 aromatic carbocycles. The SMILES string of the molecule is CC(C)(C)c1ccc(OCC(=O)Nc2ccc(N3CCn4c(nc5ccccc54)C3)cc2)cc1. The quantitative estimate of drug-likeness (QED) is 0.440. The zero-order chi connectivity index (χ0) is 23.7. The predicted octanol–water partition coefficient (Wildman–Crippen LogP) is 5.37. The zero-order valence-corrected chi connectivity index (χ0v) is 19.9. The van der Waals surface area contributed by atoms with E-state index in [9.17, 15) is 4.79 Å². The summed E-state index contributed by atoms with van der Waals surface area (Å²) in [6.07, 6.45) is 0. The number of benzene rings is 3. The van der Waals surface area contributed by atoms with Crippen molar-refractivity contribution in [2.24, 2.45) is 0 Å². The number of carbonyl (C=O) groups is 1. The van der Waals surface area contributed by atoms with E-state index >= 15 is 0 Å². The average molecular weight is 455 g/mol. The largest absolute Gasteiger partial charge is 0.484 e. The minimum absolute atomic E-state index is 0.0288. The number of nitrogens with zero attached hydrogens (tertiary/aromatic N) is 3. The minimum Gasteiger partial charge on any atom is -0.484 e. The molecule has 6 nitrogen and oxygen atoms in total. The summed E-state index contributed by atoms with van der Waals surface area (Å²) in [6, 6.07) is 24.1. The third kappa shape index (κ3) is 4.62. The first-order valence-corrected chi connectivity index (χ1v) is 11.7. The highest BCUT2D eigenvalue weighted by Crippen LogP contribution is 2.26. The van der Waals surface area contributed by atoms with E-state index in [1.165, 1.54) is 11.1 Å². The van der Waals surface area contributed by atoms with E-state index in [0.29, 0.717) is 5.75 Å². The maximum atomic E-state index is 12.4. The number of hydrogen-bond donors (Lipinski definition) is 1. The molecule has 1 aliphatic rings. The standard InChI is InChI=1S/C28H30N4O2/c1-28(2,3)20-8-14-23(15-9-20)34-19-27(33)29-21-10-12-22(13-11-21)31-16-17-32-25-7-5-4-6-24(25)30-26(32)18-31/h4-15H,16-19H2,1-3H3,(H,29,33). The Bertz CT molecular complexity index is 1300. The highest BCUT2D eigenvalue weighted by molar-refractivity contribution is 5.92. The Labute approximate surface area is 200 Å². The smallest absolute Gasteiger partial charge is 0.262 e. The lowest BCUT2D eigenvalue weighted by Gasteiger charge is -2.30. The number of para-hydroxylation sites is 2. The first-order valence-electron chi connectivity index (χ1n) is 11.7. The molecule has 2 heterocycles. The molecule has 174 valence electrons. The Hall–Kier alpha value is -3.80. The lowest BCUT2D eigenvalue weighted by Crippen LogP contribution is -2.33. The number of fused-ring (bicyclic) bond motifs is 3. The van der Waals surface area contributed by atoms with Gasteiger partial charge in [-0.15, -0.1) is 0 Å². The monoisotopic (exact) mass is 454 g/mol. The summed E-state index contributed by atoms with van der Waals surface area (Å²) < 4.78 is 7.96. The van der Waals surface area contributed by atoms with Gasteiger partial charge in [0.1, 0.15) is 11.6 Å². The molecule has 1 aliphatic heterocycles. The van der Waals surface area contributed by atoms with Crippen LogP contribution in [0.3, 0.4) is 0 Å². The number of nitrogens with one attached hydrogen (secondary N) is 1. The highest BCUT2D eigenvalue weighted by atomic mass is 16.5. The van der Waals surface area contributed by atoms with E-state index in [2.05, 4.69) is 53.8 Å². The molecule has 0 atom stereocenters. The van der Waals surface area contributed by atoms with Crippen molar-refractivity contribution in [1.82, 2.24) is 9.55 Å². The number of hydrogen-bond acceptors (Lipinski definition) is 4. The first-order chi connectivity index (χ1) is 16.4. The molecular weight excluding hydrogens is 424 g/mol. The molecular formula is C28H30N4O2. The molecule has 0 saturated heterocycles. The molecule has 0 aliphatic carbocycles. The fraction of sp³-hybridized carbons (Fsp3) is 0.286. The maximum Gasteiger partial charge on any atom is 0.262 e. The fourth-order valence-electron chi connectivity index (χ4n) is 4.34. The molecule has 4 aromatic rings. The van der Waals surface area contributed by atoms with Crippen molar-refractivity contribution >= 4 is 28.3 Å². The molecule has 6 heteroatoms. The van der Waals surface area contributed by atoms with Gasteiger partial charge in [0, 0.05) is 24.5 Å². The van der Waals surface area contributed by atoms with E-state index in [1.54, 1.807) is 0 Å². The first kappa shape index (κ1) is 22.0. The Balaban J connectivity index is 1.16. The van der Waals surface area contributed by atoms with E-state index in [0.717, 1.165) is 42.4 Å². The number of imidazole rings is 1. The summed E-state index contributed by atoms with van der Waals surface area (Å²) in [7, 11) is 0. The number of carbonyl (C=O) groups excluding carboxylic acids is 1. The summed E-state index contributed by atoms with van der Waals surface area (Å²) in [5.41, 5.74) is 5.43. The van der Waals surface area contributed by atoms with E-state index in [-0.39, 0.29) is 17.9 Å². The Morgan fingerprint density at radius 2 is 1.71 bits per heavy atom. The number of rotatable bonds is 5. The Morgan fingerprint density at radius 1 is 0.971 bits per heavy atom. The van der Waals surface area contributed by atoms with Gasteiger partial charge in [-0.25, -0.2) is 4.98 Å². The predicted molar refractivity (Wildman–Crippen MR) is 136 cm³/mol. The third-order valence-electron chi connectivity index (χ3n) is 6.27. The van der Waals surface area contributed by atoms with E-state index in [1.807, 2.05) is 54.6 Å². The molecule has 1 amide bonds. The van der Waals surface area contributed by atoms with Gasteiger partial charge in [-0.05, 0) is 59.5 Å². The second-order valence-corrected chi connectivity index (χ2v) is 9.75. The van der Waals surface area contributed by atoms with Crippen LogP contribution in [0, 0.1) is 0 Å². The second-order valence-electron chi connectivity index (χ2n) is 9.75. The van der Waals surface area contributed by atoms with Gasteiger partial charge in [-0.1, -0.05) is 45.0 Å². The molecule has 1 aromatic heterocycles. The molecule has 0 fully saturated rings. The van der Waals surface area contributed by atoms with Gasteiger partial charge in [0.15, 0.2) is 6.61 Å². The second kappa shape index (κ2) is 8.86. The van der Waals surface area contributed by atoms with Crippen LogP contribution in [0.2, 0.25) is 0 Å². The van der Waals surface area contributed by atoms with Gasteiger partial charge in [-0.3, -0.25) is 4.79 Å². The number of ether oxygens (including phenoxy) is 1. The molecule has 34 heavy (non-hydrogen) atoms. The van der Waals surface area contributed by atoms with Crippen molar-refractivity contribution in [3.8, 4) is 5.75 Å². The van der Waals surface area contributed by atoms with Crippen molar-refractivity contribution in [3.63, 3.8) is 0 Å². The van der Waals surface area contributed by atoms with Crippen molar-refractivity contribution in [2.75, 3.05) is 23.4 Å². The van der Waals surface area contributed by atoms with Crippen LogP contribution in [0.1, 0.15) is 32.2 Å². The van der Waals surface area contributed by atoms with E-state index in [4.69, 9.17) is 9.72 Å². The topological polar surface area (TPSA) is 59.4 Å². The Morgan fingerprint density at radius 3 is 2.44 bits per heavy atom. The molecule has 1 N–H and O–H groups in total. The van der Waals surface area contributed by atoms with Crippen LogP contribution in [-0.4, -0.2) is 28.6 Å². The normalized spacial score (nSPS) is 13.6. The van der Waals surface area contributed by atoms with Crippen LogP contribution >= 0.6 is 0 Å². The summed E-state index contributed by atoms with van der Waals surface area (Å²) in [5, 5.41) is 2.91. The van der Waals surface area contributed by atoms with Gasteiger partial charge in [-0.2, -0.15) is 0 Å². The van der Waals surface area contributed by atoms with Crippen LogP contribution in [0.4, 0.5) is 11.4 Å². The van der Waals surface area contributed by atoms with Crippen LogP contribution in [-0.2, 0) is 23.3 Å². The maximum absolute atomic E-state index is 12.4. The van der Waals surface area contributed by atoms with Crippen molar-refractivity contribution in [2.45, 2.75) is 39.3 Å². The van der Waals surface area contributed by atoms with Crippen LogP contribution < -0.4 is 15.0 Å². The molecule has 0 radical (unpaired) electrons. The van der Waals surface area contributed by atoms with Gasteiger partial charge in [0.2, 0.25) is 0 Å². The lowest BCUT2D eigenvalue weighted by atomic mass is 9.87. The van der Waals surface area contributed by atoms with Gasteiger partial charge >= 0.3 is 0 Å². The summed E-state index contributed by atoms with van der Waals surface area (Å²) >= 11 is 0. The zero-order valence-electron chi connectivity index (χ0n) is 19.9. The van der Waals surface area contributed by atoms with Crippen LogP contribution in [0.25, 0.3) is 11.0 Å². The van der Waals surface area contributed by atoms with E-state index < -0.39 is 0 Å². The average Bonchev–Trinajstić information content (AvgIpc) is 3.21. The summed E-state index contributed by atoms with van der Waals surface area (Å²) in [4.78, 5) is 19.5. The third-order valence-corrected chi connectivity index (χ3v) is 6.27. The lowest BCUT2D eigenvalue weighted by molar-refractivity contribution is -0.118. The number of amides is 1. The molecule has 0 bridgehead atoms. The molecule has 0 spiro atoms. The van der Waals surface area contributed by atoms with Crippen LogP contribution in [0.15, 0.2) is 72.8 Å². The summed E-state index contributed by atoms with van der Waals surface area (Å²) in [6.45, 7) is 9.07. The summed E-state index contributed by atoms with van der Waals surface area (Å²) in [5.74, 6) is 1.59. The van der Waals surface area contributed by atoms with Crippen molar-refractivity contribution in [3.05, 3.63) is 84.2 Å². The number of anilines is 2. The fourth-order valence-corrected chi connectivity index (χ4v) is 4.34. The highest BCUT2D eigenvalue weighted by Gasteiger charge is 2.20. The minimum atomic E-state index is -0.181. The van der Waals surface area contributed by atoms with Crippen LogP contribution in [0.5, 0.6) is 5.75 Å². The number of aromatic nitrogens is 2. The molecule has 0 saturated carbocycles. The molecule has 5 rings (SSSR count). The van der Waals surface area contributed by atoms with Gasteiger partial charge < -0.3 is 19.5 Å². The Kier molecular flexibility index (Phi) is 5.74. The van der Waals surface area contributed by atoms with Gasteiger partial charge in [0.05, 0.1) is 17.6 Å². The van der Waals surface area contributed by atoms with Gasteiger partial charge in [0.25, 0.3) is 5.91 Å².